The van der Waals surface area contributed by atoms with Crippen LogP contribution in [0.25, 0.3) is 0 Å². The quantitative estimate of drug-likeness (QED) is 0.560. The van der Waals surface area contributed by atoms with E-state index in [1.165, 1.54) is 14.2 Å². The monoisotopic (exact) mass is 325 g/mol. The molecule has 0 saturated heterocycles. The van der Waals surface area contributed by atoms with Gasteiger partial charge in [-0.2, -0.15) is 0 Å². The second kappa shape index (κ2) is 6.52. The molecule has 0 radical (unpaired) electrons. The lowest BCUT2D eigenvalue weighted by molar-refractivity contribution is -0.119. The highest BCUT2D eigenvalue weighted by atomic mass is 31.2. The van der Waals surface area contributed by atoms with Gasteiger partial charge in [0.05, 0.1) is 23.8 Å². The summed E-state index contributed by atoms with van der Waals surface area (Å²) in [4.78, 5) is 37.1. The summed E-state index contributed by atoms with van der Waals surface area (Å²) in [6.07, 6.45) is -0.200. The molecule has 0 N–H and O–H groups in total. The molecule has 118 valence electrons. The largest absolute Gasteiger partial charge is 0.330 e. The van der Waals surface area contributed by atoms with Crippen LogP contribution in [0.5, 0.6) is 0 Å². The fourth-order valence-corrected chi connectivity index (χ4v) is 3.19. The van der Waals surface area contributed by atoms with E-state index in [4.69, 9.17) is 9.05 Å². The zero-order valence-corrected chi connectivity index (χ0v) is 13.2. The summed E-state index contributed by atoms with van der Waals surface area (Å²) < 4.78 is 21.3. The van der Waals surface area contributed by atoms with Crippen molar-refractivity contribution in [1.29, 1.82) is 0 Å². The Bertz CT molecular complexity index is 628. The Morgan fingerprint density at radius 2 is 1.59 bits per heavy atom. The van der Waals surface area contributed by atoms with Crippen LogP contribution in [-0.4, -0.2) is 49.4 Å². The topological polar surface area (TPSA) is 90.0 Å². The van der Waals surface area contributed by atoms with Gasteiger partial charge in [-0.15, -0.1) is 0 Å². The van der Waals surface area contributed by atoms with Gasteiger partial charge >= 0.3 is 7.60 Å². The van der Waals surface area contributed by atoms with Crippen LogP contribution in [0.3, 0.4) is 0 Å². The Morgan fingerprint density at radius 1 is 1.09 bits per heavy atom. The van der Waals surface area contributed by atoms with Crippen LogP contribution in [0, 0.1) is 0 Å². The van der Waals surface area contributed by atoms with E-state index in [0.717, 1.165) is 4.90 Å². The fraction of sp³-hybridized carbons (Fsp3) is 0.357. The molecule has 8 heteroatoms. The second-order valence-corrected chi connectivity index (χ2v) is 7.13. The first kappa shape index (κ1) is 16.5. The molecule has 1 aromatic rings. The second-order valence-electron chi connectivity index (χ2n) is 4.73. The number of hydrogen-bond donors (Lipinski definition) is 0. The van der Waals surface area contributed by atoms with Gasteiger partial charge in [-0.1, -0.05) is 12.1 Å². The van der Waals surface area contributed by atoms with Gasteiger partial charge in [0.25, 0.3) is 11.8 Å². The van der Waals surface area contributed by atoms with Crippen LogP contribution in [0.4, 0.5) is 0 Å². The minimum Gasteiger partial charge on any atom is -0.312 e. The SMILES string of the molecule is COP(=O)(CCC(=O)CN1C(=O)c2ccccc2C1=O)OC. The van der Waals surface area contributed by atoms with Gasteiger partial charge in [-0.3, -0.25) is 23.8 Å². The number of rotatable bonds is 7. The molecule has 1 aromatic carbocycles. The van der Waals surface area contributed by atoms with Gasteiger partial charge in [0.15, 0.2) is 5.78 Å². The molecular weight excluding hydrogens is 309 g/mol. The van der Waals surface area contributed by atoms with Gasteiger partial charge in [-0.25, -0.2) is 0 Å². The van der Waals surface area contributed by atoms with Gasteiger partial charge in [-0.05, 0) is 12.1 Å². The molecule has 1 heterocycles. The maximum absolute atomic E-state index is 12.1. The van der Waals surface area contributed by atoms with Crippen molar-refractivity contribution in [3.05, 3.63) is 35.4 Å². The van der Waals surface area contributed by atoms with E-state index in [1.54, 1.807) is 24.3 Å². The average molecular weight is 325 g/mol. The summed E-state index contributed by atoms with van der Waals surface area (Å²) in [7, 11) is -0.808. The first-order chi connectivity index (χ1) is 10.4. The minimum absolute atomic E-state index is 0.0952. The smallest absolute Gasteiger partial charge is 0.312 e. The zero-order valence-electron chi connectivity index (χ0n) is 12.3. The predicted octanol–water partition coefficient (Wildman–Crippen LogP) is 1.73. The van der Waals surface area contributed by atoms with E-state index in [9.17, 15) is 18.9 Å². The third-order valence-corrected chi connectivity index (χ3v) is 5.32. The molecular formula is C14H16NO6P. The molecule has 0 spiro atoms. The van der Waals surface area contributed by atoms with Crippen molar-refractivity contribution in [1.82, 2.24) is 4.90 Å². The summed E-state index contributed by atoms with van der Waals surface area (Å²) in [5.41, 5.74) is 0.583. The van der Waals surface area contributed by atoms with E-state index in [2.05, 4.69) is 0 Å². The van der Waals surface area contributed by atoms with Crippen molar-refractivity contribution in [2.75, 3.05) is 26.9 Å². The number of Topliss-reactive ketones (excluding diaryl/α,β-unsaturated/α-hetero) is 1. The molecule has 1 aliphatic heterocycles. The molecule has 0 bridgehead atoms. The molecule has 0 fully saturated rings. The first-order valence-corrected chi connectivity index (χ1v) is 8.32. The molecule has 0 aliphatic carbocycles. The molecule has 0 aromatic heterocycles. The summed E-state index contributed by atoms with van der Waals surface area (Å²) >= 11 is 0. The molecule has 0 unspecified atom stereocenters. The Labute approximate surface area is 127 Å². The number of nitrogens with zero attached hydrogens (tertiary/aromatic N) is 1. The maximum atomic E-state index is 12.1. The summed E-state index contributed by atoms with van der Waals surface area (Å²) in [5, 5.41) is 0. The van der Waals surface area contributed by atoms with Crippen LogP contribution in [0.1, 0.15) is 27.1 Å². The van der Waals surface area contributed by atoms with E-state index in [1.807, 2.05) is 0 Å². The summed E-state index contributed by atoms with van der Waals surface area (Å²) in [5.74, 6) is -1.37. The fourth-order valence-electron chi connectivity index (χ4n) is 2.16. The van der Waals surface area contributed by atoms with Crippen LogP contribution in [-0.2, 0) is 18.4 Å². The molecule has 0 atom stereocenters. The van der Waals surface area contributed by atoms with Crippen LogP contribution in [0.2, 0.25) is 0 Å². The van der Waals surface area contributed by atoms with E-state index in [0.29, 0.717) is 11.1 Å². The van der Waals surface area contributed by atoms with Crippen molar-refractivity contribution in [2.45, 2.75) is 6.42 Å². The number of hydrogen-bond acceptors (Lipinski definition) is 6. The number of imide groups is 1. The first-order valence-electron chi connectivity index (χ1n) is 6.59. The number of fused-ring (bicyclic) bond motifs is 1. The van der Waals surface area contributed by atoms with E-state index >= 15 is 0 Å². The Hall–Kier alpha value is -1.82. The molecule has 0 saturated carbocycles. The lowest BCUT2D eigenvalue weighted by Crippen LogP contribution is -2.35. The molecule has 2 amide bonds. The maximum Gasteiger partial charge on any atom is 0.330 e. The number of carbonyl (C=O) groups is 3. The summed E-state index contributed by atoms with van der Waals surface area (Å²) in [6.45, 7) is -0.347. The van der Waals surface area contributed by atoms with Crippen molar-refractivity contribution in [3.63, 3.8) is 0 Å². The van der Waals surface area contributed by atoms with Crippen molar-refractivity contribution in [3.8, 4) is 0 Å². The number of benzene rings is 1. The number of ketones is 1. The van der Waals surface area contributed by atoms with Crippen LogP contribution < -0.4 is 0 Å². The Kier molecular flexibility index (Phi) is 4.90. The normalized spacial score (nSPS) is 14.4. The standard InChI is InChI=1S/C14H16NO6P/c1-20-22(19,21-2)8-7-10(16)9-15-13(17)11-5-3-4-6-12(11)14(15)18/h3-6H,7-9H2,1-2H3. The third kappa shape index (κ3) is 3.16. The third-order valence-electron chi connectivity index (χ3n) is 3.43. The van der Waals surface area contributed by atoms with Gasteiger partial charge in [0.1, 0.15) is 0 Å². The molecule has 22 heavy (non-hydrogen) atoms. The van der Waals surface area contributed by atoms with Crippen LogP contribution >= 0.6 is 7.60 Å². The zero-order chi connectivity index (χ0) is 16.3. The lowest BCUT2D eigenvalue weighted by Gasteiger charge is -2.15. The summed E-state index contributed by atoms with van der Waals surface area (Å²) in [6, 6.07) is 6.40. The van der Waals surface area contributed by atoms with Crippen molar-refractivity contribution in [2.24, 2.45) is 0 Å². The number of amides is 2. The average Bonchev–Trinajstić information content (AvgIpc) is 2.78. The minimum atomic E-state index is -3.28. The van der Waals surface area contributed by atoms with Crippen LogP contribution in [0.15, 0.2) is 24.3 Å². The molecule has 2 rings (SSSR count). The van der Waals surface area contributed by atoms with Gasteiger partial charge < -0.3 is 9.05 Å². The van der Waals surface area contributed by atoms with Gasteiger partial charge in [0.2, 0.25) is 0 Å². The van der Waals surface area contributed by atoms with Gasteiger partial charge in [0, 0.05) is 20.6 Å². The number of carbonyl (C=O) groups excluding carboxylic acids is 3. The molecule has 1 aliphatic rings. The predicted molar refractivity (Wildman–Crippen MR) is 77.9 cm³/mol. The van der Waals surface area contributed by atoms with E-state index < -0.39 is 19.4 Å². The highest BCUT2D eigenvalue weighted by Crippen LogP contribution is 2.46. The highest BCUT2D eigenvalue weighted by Gasteiger charge is 2.36. The Morgan fingerprint density at radius 3 is 2.05 bits per heavy atom. The van der Waals surface area contributed by atoms with Crippen molar-refractivity contribution < 1.29 is 28.0 Å². The van der Waals surface area contributed by atoms with Crippen molar-refractivity contribution >= 4 is 25.2 Å². The molecule has 7 nitrogen and oxygen atoms in total. The lowest BCUT2D eigenvalue weighted by atomic mass is 10.1. The van der Waals surface area contributed by atoms with E-state index in [-0.39, 0.29) is 24.9 Å². The highest BCUT2D eigenvalue weighted by molar-refractivity contribution is 7.53. The Balaban J connectivity index is 2.01.